The van der Waals surface area contributed by atoms with E-state index < -0.39 is 12.0 Å². The number of aryl methyl sites for hydroxylation is 1. The Morgan fingerprint density at radius 2 is 2.07 bits per heavy atom. The number of rotatable bonds is 3. The molecular weight excluding hydrogens is 194 g/mol. The minimum absolute atomic E-state index is 0.457. The Balaban J connectivity index is 3.00. The first-order valence-electron chi connectivity index (χ1n) is 4.58. The monoisotopic (exact) mass is 209 g/mol. The number of methoxy groups -OCH3 is 2. The minimum atomic E-state index is -0.760. The van der Waals surface area contributed by atoms with Gasteiger partial charge in [-0.15, -0.1) is 0 Å². The lowest BCUT2D eigenvalue weighted by Gasteiger charge is -2.12. The van der Waals surface area contributed by atoms with Crippen LogP contribution < -0.4 is 10.5 Å². The summed E-state index contributed by atoms with van der Waals surface area (Å²) in [7, 11) is 2.89. The number of benzene rings is 1. The number of carbonyl (C=O) groups excluding carboxylic acids is 1. The average molecular weight is 209 g/mol. The van der Waals surface area contributed by atoms with E-state index in [0.717, 1.165) is 5.56 Å². The molecule has 2 N–H and O–H groups in total. The molecule has 4 heteroatoms. The molecule has 0 aliphatic rings. The predicted molar refractivity (Wildman–Crippen MR) is 56.7 cm³/mol. The Labute approximate surface area is 89.0 Å². The normalized spacial score (nSPS) is 12.0. The highest BCUT2D eigenvalue weighted by Crippen LogP contribution is 2.22. The summed E-state index contributed by atoms with van der Waals surface area (Å²) in [4.78, 5) is 11.2. The predicted octanol–water partition coefficient (Wildman–Crippen LogP) is 1.18. The van der Waals surface area contributed by atoms with Crippen LogP contribution >= 0.6 is 0 Å². The van der Waals surface area contributed by atoms with Crippen molar-refractivity contribution in [1.29, 1.82) is 0 Å². The molecule has 0 fully saturated rings. The van der Waals surface area contributed by atoms with Crippen molar-refractivity contribution in [1.82, 2.24) is 0 Å². The zero-order valence-electron chi connectivity index (χ0n) is 9.11. The Kier molecular flexibility index (Phi) is 3.68. The van der Waals surface area contributed by atoms with E-state index in [1.54, 1.807) is 19.2 Å². The SMILES string of the molecule is COC(=O)[C@@H](N)c1ccc(C)c(OC)c1. The maximum absolute atomic E-state index is 11.2. The van der Waals surface area contributed by atoms with E-state index in [0.29, 0.717) is 11.3 Å². The van der Waals surface area contributed by atoms with Gasteiger partial charge in [-0.1, -0.05) is 12.1 Å². The van der Waals surface area contributed by atoms with Gasteiger partial charge >= 0.3 is 5.97 Å². The fourth-order valence-electron chi connectivity index (χ4n) is 1.29. The van der Waals surface area contributed by atoms with Gasteiger partial charge in [0.15, 0.2) is 0 Å². The topological polar surface area (TPSA) is 61.5 Å². The van der Waals surface area contributed by atoms with Crippen LogP contribution in [0.1, 0.15) is 17.2 Å². The van der Waals surface area contributed by atoms with Gasteiger partial charge in [0.2, 0.25) is 0 Å². The van der Waals surface area contributed by atoms with Crippen LogP contribution in [0.2, 0.25) is 0 Å². The summed E-state index contributed by atoms with van der Waals surface area (Å²) in [6.07, 6.45) is 0. The second-order valence-corrected chi connectivity index (χ2v) is 3.23. The summed E-state index contributed by atoms with van der Waals surface area (Å²) in [6.45, 7) is 1.92. The second kappa shape index (κ2) is 4.79. The minimum Gasteiger partial charge on any atom is -0.496 e. The van der Waals surface area contributed by atoms with Crippen molar-refractivity contribution in [2.24, 2.45) is 5.73 Å². The third-order valence-corrected chi connectivity index (χ3v) is 2.25. The third kappa shape index (κ3) is 2.47. The molecule has 1 aromatic carbocycles. The van der Waals surface area contributed by atoms with Crippen molar-refractivity contribution >= 4 is 5.97 Å². The van der Waals surface area contributed by atoms with E-state index in [1.807, 2.05) is 13.0 Å². The van der Waals surface area contributed by atoms with Crippen molar-refractivity contribution in [3.63, 3.8) is 0 Å². The zero-order valence-corrected chi connectivity index (χ0v) is 9.11. The zero-order chi connectivity index (χ0) is 11.4. The lowest BCUT2D eigenvalue weighted by atomic mass is 10.1. The first-order chi connectivity index (χ1) is 7.10. The van der Waals surface area contributed by atoms with Gasteiger partial charge in [0.1, 0.15) is 11.8 Å². The lowest BCUT2D eigenvalue weighted by Crippen LogP contribution is -2.22. The van der Waals surface area contributed by atoms with Gasteiger partial charge in [-0.05, 0) is 24.1 Å². The summed E-state index contributed by atoms with van der Waals surface area (Å²) >= 11 is 0. The van der Waals surface area contributed by atoms with Crippen molar-refractivity contribution < 1.29 is 14.3 Å². The number of hydrogen-bond acceptors (Lipinski definition) is 4. The molecule has 0 heterocycles. The van der Waals surface area contributed by atoms with Crippen LogP contribution in [0.5, 0.6) is 5.75 Å². The molecule has 0 aliphatic carbocycles. The lowest BCUT2D eigenvalue weighted by molar-refractivity contribution is -0.142. The molecule has 0 spiro atoms. The molecule has 1 aromatic rings. The van der Waals surface area contributed by atoms with E-state index in [-0.39, 0.29) is 0 Å². The molecule has 0 aliphatic heterocycles. The fraction of sp³-hybridized carbons (Fsp3) is 0.364. The van der Waals surface area contributed by atoms with Crippen molar-refractivity contribution in [3.8, 4) is 5.75 Å². The Morgan fingerprint density at radius 3 is 2.60 bits per heavy atom. The van der Waals surface area contributed by atoms with Gasteiger partial charge < -0.3 is 15.2 Å². The van der Waals surface area contributed by atoms with E-state index >= 15 is 0 Å². The Morgan fingerprint density at radius 1 is 1.40 bits per heavy atom. The molecule has 82 valence electrons. The largest absolute Gasteiger partial charge is 0.496 e. The molecule has 0 saturated carbocycles. The van der Waals surface area contributed by atoms with Gasteiger partial charge in [0.05, 0.1) is 14.2 Å². The molecule has 0 unspecified atom stereocenters. The quantitative estimate of drug-likeness (QED) is 0.759. The van der Waals surface area contributed by atoms with Gasteiger partial charge in [-0.3, -0.25) is 4.79 Å². The van der Waals surface area contributed by atoms with Gasteiger partial charge in [-0.2, -0.15) is 0 Å². The molecular formula is C11H15NO3. The number of hydrogen-bond donors (Lipinski definition) is 1. The number of ether oxygens (including phenoxy) is 2. The highest BCUT2D eigenvalue weighted by molar-refractivity contribution is 5.77. The van der Waals surface area contributed by atoms with Crippen molar-refractivity contribution in [2.75, 3.05) is 14.2 Å². The van der Waals surface area contributed by atoms with Crippen LogP contribution in [0.25, 0.3) is 0 Å². The highest BCUT2D eigenvalue weighted by Gasteiger charge is 2.16. The highest BCUT2D eigenvalue weighted by atomic mass is 16.5. The number of carbonyl (C=O) groups is 1. The summed E-state index contributed by atoms with van der Waals surface area (Å²) in [6, 6.07) is 4.64. The molecule has 15 heavy (non-hydrogen) atoms. The van der Waals surface area contributed by atoms with Crippen molar-refractivity contribution in [3.05, 3.63) is 29.3 Å². The summed E-state index contributed by atoms with van der Waals surface area (Å²) in [5.41, 5.74) is 7.38. The van der Waals surface area contributed by atoms with E-state index in [9.17, 15) is 4.79 Å². The molecule has 0 amide bonds. The molecule has 0 radical (unpaired) electrons. The Hall–Kier alpha value is -1.55. The molecule has 1 rings (SSSR count). The van der Waals surface area contributed by atoms with E-state index in [2.05, 4.69) is 4.74 Å². The van der Waals surface area contributed by atoms with Crippen LogP contribution in [0.15, 0.2) is 18.2 Å². The van der Waals surface area contributed by atoms with Crippen LogP contribution in [-0.2, 0) is 9.53 Å². The number of nitrogens with two attached hydrogens (primary N) is 1. The summed E-state index contributed by atoms with van der Waals surface area (Å²) < 4.78 is 9.71. The summed E-state index contributed by atoms with van der Waals surface area (Å²) in [5, 5.41) is 0. The first-order valence-corrected chi connectivity index (χ1v) is 4.58. The van der Waals surface area contributed by atoms with Crippen LogP contribution in [0.3, 0.4) is 0 Å². The standard InChI is InChI=1S/C11H15NO3/c1-7-4-5-8(6-9(7)14-2)10(12)11(13)15-3/h4-6,10H,12H2,1-3H3/t10-/m0/s1. The smallest absolute Gasteiger partial charge is 0.327 e. The molecule has 0 saturated heterocycles. The second-order valence-electron chi connectivity index (χ2n) is 3.23. The van der Waals surface area contributed by atoms with Gasteiger partial charge in [-0.25, -0.2) is 0 Å². The average Bonchev–Trinajstić information content (AvgIpc) is 2.27. The van der Waals surface area contributed by atoms with Crippen LogP contribution in [-0.4, -0.2) is 20.2 Å². The van der Waals surface area contributed by atoms with Crippen LogP contribution in [0, 0.1) is 6.92 Å². The molecule has 0 aromatic heterocycles. The molecule has 4 nitrogen and oxygen atoms in total. The van der Waals surface area contributed by atoms with Gasteiger partial charge in [0.25, 0.3) is 0 Å². The first kappa shape index (κ1) is 11.5. The van der Waals surface area contributed by atoms with Crippen LogP contribution in [0.4, 0.5) is 0 Å². The number of esters is 1. The summed E-state index contributed by atoms with van der Waals surface area (Å²) in [5.74, 6) is 0.257. The molecule has 0 bridgehead atoms. The maximum Gasteiger partial charge on any atom is 0.327 e. The van der Waals surface area contributed by atoms with E-state index in [4.69, 9.17) is 10.5 Å². The third-order valence-electron chi connectivity index (χ3n) is 2.25. The maximum atomic E-state index is 11.2. The Bertz CT molecular complexity index is 363. The van der Waals surface area contributed by atoms with Crippen molar-refractivity contribution in [2.45, 2.75) is 13.0 Å². The van der Waals surface area contributed by atoms with Gasteiger partial charge in [0, 0.05) is 0 Å². The fourth-order valence-corrected chi connectivity index (χ4v) is 1.29. The van der Waals surface area contributed by atoms with E-state index in [1.165, 1.54) is 7.11 Å². The molecule has 1 atom stereocenters.